The van der Waals surface area contributed by atoms with Crippen LogP contribution in [0.15, 0.2) is 89.4 Å². The molecule has 8 nitrogen and oxygen atoms in total. The van der Waals surface area contributed by atoms with E-state index in [0.717, 1.165) is 11.1 Å². The minimum absolute atomic E-state index is 0.266. The van der Waals surface area contributed by atoms with Gasteiger partial charge in [0.25, 0.3) is 0 Å². The van der Waals surface area contributed by atoms with Crippen LogP contribution in [0.5, 0.6) is 11.5 Å². The Hall–Kier alpha value is -4.30. The van der Waals surface area contributed by atoms with Gasteiger partial charge in [-0.3, -0.25) is 0 Å². The molecule has 0 aliphatic rings. The summed E-state index contributed by atoms with van der Waals surface area (Å²) in [5, 5.41) is 8.73. The Kier molecular flexibility index (Phi) is 10.1. The zero-order valence-electron chi connectivity index (χ0n) is 20.9. The van der Waals surface area contributed by atoms with Gasteiger partial charge in [0.15, 0.2) is 0 Å². The molecule has 0 spiro atoms. The van der Waals surface area contributed by atoms with E-state index in [1.165, 1.54) is 33.8 Å². The molecule has 3 aromatic carbocycles. The summed E-state index contributed by atoms with van der Waals surface area (Å²) >= 11 is 6.02. The highest BCUT2D eigenvalue weighted by molar-refractivity contribution is 6.38. The smallest absolute Gasteiger partial charge is 0.341 e. The lowest BCUT2D eigenvalue weighted by Crippen LogP contribution is -2.09. The number of oxime groups is 2. The largest absolute Gasteiger partial charge is 0.503 e. The second-order valence-corrected chi connectivity index (χ2v) is 8.01. The van der Waals surface area contributed by atoms with Crippen molar-refractivity contribution in [1.82, 2.24) is 0 Å². The van der Waals surface area contributed by atoms with E-state index in [9.17, 15) is 4.79 Å². The molecule has 0 radical (unpaired) electrons. The van der Waals surface area contributed by atoms with E-state index in [0.29, 0.717) is 27.8 Å². The van der Waals surface area contributed by atoms with Crippen LogP contribution in [0.3, 0.4) is 0 Å². The van der Waals surface area contributed by atoms with Gasteiger partial charge >= 0.3 is 5.97 Å². The molecule has 0 N–H and O–H groups in total. The first-order chi connectivity index (χ1) is 18.0. The van der Waals surface area contributed by atoms with E-state index in [-0.39, 0.29) is 5.57 Å². The zero-order chi connectivity index (χ0) is 26.6. The molecule has 0 aliphatic heterocycles. The first-order valence-corrected chi connectivity index (χ1v) is 11.6. The van der Waals surface area contributed by atoms with Crippen molar-refractivity contribution in [2.75, 3.05) is 21.3 Å². The number of methoxy groups -OCH3 is 2. The van der Waals surface area contributed by atoms with Crippen LogP contribution in [0.25, 0.3) is 5.57 Å². The maximum absolute atomic E-state index is 12.3. The monoisotopic (exact) mass is 522 g/mol. The van der Waals surface area contributed by atoms with Gasteiger partial charge in [0, 0.05) is 16.1 Å². The molecule has 9 heteroatoms. The molecule has 0 aromatic heterocycles. The molecule has 0 heterocycles. The lowest BCUT2D eigenvalue weighted by atomic mass is 9.97. The SMILES string of the molecule is COC=C(C(=O)OC)c1ccccc1C(C)ON=CC(=NOC)c1ccc(Oc2cccc(Cl)c2)cc1. The number of rotatable bonds is 11. The highest BCUT2D eigenvalue weighted by atomic mass is 35.5. The van der Waals surface area contributed by atoms with E-state index >= 15 is 0 Å². The van der Waals surface area contributed by atoms with Gasteiger partial charge in [0.2, 0.25) is 0 Å². The first kappa shape index (κ1) is 27.3. The Morgan fingerprint density at radius 2 is 1.70 bits per heavy atom. The number of carbonyl (C=O) groups excluding carboxylic acids is 1. The fourth-order valence-corrected chi connectivity index (χ4v) is 3.56. The van der Waals surface area contributed by atoms with Crippen LogP contribution in [0.4, 0.5) is 0 Å². The molecule has 0 saturated carbocycles. The van der Waals surface area contributed by atoms with Gasteiger partial charge in [-0.1, -0.05) is 52.2 Å². The average Bonchev–Trinajstić information content (AvgIpc) is 2.91. The third-order valence-corrected chi connectivity index (χ3v) is 5.33. The molecule has 192 valence electrons. The van der Waals surface area contributed by atoms with Crippen molar-refractivity contribution in [3.8, 4) is 11.5 Å². The molecule has 3 rings (SSSR count). The number of ether oxygens (including phenoxy) is 3. The summed E-state index contributed by atoms with van der Waals surface area (Å²) in [5.41, 5.74) is 2.77. The summed E-state index contributed by atoms with van der Waals surface area (Å²) in [4.78, 5) is 22.9. The van der Waals surface area contributed by atoms with E-state index in [1.54, 1.807) is 30.3 Å². The summed E-state index contributed by atoms with van der Waals surface area (Å²) in [7, 11) is 4.22. The van der Waals surface area contributed by atoms with Crippen molar-refractivity contribution in [2.24, 2.45) is 10.3 Å². The number of benzene rings is 3. The molecule has 37 heavy (non-hydrogen) atoms. The first-order valence-electron chi connectivity index (χ1n) is 11.2. The van der Waals surface area contributed by atoms with Crippen LogP contribution in [0, 0.1) is 0 Å². The van der Waals surface area contributed by atoms with Crippen molar-refractivity contribution >= 4 is 35.1 Å². The van der Waals surface area contributed by atoms with Gasteiger partial charge in [0.1, 0.15) is 36.0 Å². The number of nitrogens with zero attached hydrogens (tertiary/aromatic N) is 2. The third-order valence-electron chi connectivity index (χ3n) is 5.10. The maximum Gasteiger partial charge on any atom is 0.341 e. The lowest BCUT2D eigenvalue weighted by Gasteiger charge is -2.16. The van der Waals surface area contributed by atoms with Gasteiger partial charge in [0.05, 0.1) is 26.7 Å². The number of hydrogen-bond acceptors (Lipinski definition) is 8. The highest BCUT2D eigenvalue weighted by Crippen LogP contribution is 2.28. The van der Waals surface area contributed by atoms with Crippen molar-refractivity contribution in [2.45, 2.75) is 13.0 Å². The Morgan fingerprint density at radius 3 is 2.38 bits per heavy atom. The van der Waals surface area contributed by atoms with E-state index < -0.39 is 12.1 Å². The van der Waals surface area contributed by atoms with E-state index in [4.69, 9.17) is 35.5 Å². The van der Waals surface area contributed by atoms with Crippen molar-refractivity contribution in [3.05, 3.63) is 101 Å². The normalized spacial score (nSPS) is 12.7. The molecule has 3 aromatic rings. The van der Waals surface area contributed by atoms with Crippen molar-refractivity contribution in [3.63, 3.8) is 0 Å². The van der Waals surface area contributed by atoms with Crippen molar-refractivity contribution in [1.29, 1.82) is 0 Å². The lowest BCUT2D eigenvalue weighted by molar-refractivity contribution is -0.133. The Labute approximate surface area is 220 Å². The topological polar surface area (TPSA) is 87.9 Å². The van der Waals surface area contributed by atoms with Crippen LogP contribution in [0.1, 0.15) is 29.7 Å². The number of hydrogen-bond donors (Lipinski definition) is 0. The highest BCUT2D eigenvalue weighted by Gasteiger charge is 2.20. The molecule has 0 amide bonds. The van der Waals surface area contributed by atoms with Crippen LogP contribution < -0.4 is 4.74 Å². The number of carbonyl (C=O) groups is 1. The average molecular weight is 523 g/mol. The Morgan fingerprint density at radius 1 is 0.946 bits per heavy atom. The van der Waals surface area contributed by atoms with Gasteiger partial charge in [-0.25, -0.2) is 4.79 Å². The van der Waals surface area contributed by atoms with Crippen LogP contribution >= 0.6 is 11.6 Å². The Bertz CT molecular complexity index is 1290. The minimum Gasteiger partial charge on any atom is -0.503 e. The predicted octanol–water partition coefficient (Wildman–Crippen LogP) is 6.41. The van der Waals surface area contributed by atoms with E-state index in [1.807, 2.05) is 49.4 Å². The summed E-state index contributed by atoms with van der Waals surface area (Å²) < 4.78 is 15.8. The number of esters is 1. The molecular formula is C28H27ClN2O6. The third kappa shape index (κ3) is 7.59. The van der Waals surface area contributed by atoms with Crippen LogP contribution in [0.2, 0.25) is 5.02 Å². The van der Waals surface area contributed by atoms with Gasteiger partial charge in [-0.15, -0.1) is 0 Å². The van der Waals surface area contributed by atoms with Gasteiger partial charge in [-0.2, -0.15) is 0 Å². The zero-order valence-corrected chi connectivity index (χ0v) is 21.6. The predicted molar refractivity (Wildman–Crippen MR) is 143 cm³/mol. The fraction of sp³-hybridized carbons (Fsp3) is 0.179. The van der Waals surface area contributed by atoms with E-state index in [2.05, 4.69) is 10.3 Å². The standard InChI is InChI=1S/C28H27ClN2O6/c1-19(24-10-5-6-11-25(24)26(18-33-2)28(32)34-3)37-30-17-27(31-35-4)20-12-14-22(15-13-20)36-23-9-7-8-21(29)16-23/h5-19H,1-4H3. The maximum atomic E-state index is 12.3. The molecule has 0 saturated heterocycles. The van der Waals surface area contributed by atoms with Crippen LogP contribution in [-0.4, -0.2) is 39.2 Å². The van der Waals surface area contributed by atoms with Crippen LogP contribution in [-0.2, 0) is 23.9 Å². The fourth-order valence-electron chi connectivity index (χ4n) is 3.38. The minimum atomic E-state index is -0.526. The molecule has 1 unspecified atom stereocenters. The quantitative estimate of drug-likeness (QED) is 0.0950. The van der Waals surface area contributed by atoms with Gasteiger partial charge < -0.3 is 23.9 Å². The van der Waals surface area contributed by atoms with Gasteiger partial charge in [-0.05, 0) is 55.0 Å². The molecular weight excluding hydrogens is 496 g/mol. The second kappa shape index (κ2) is 13.7. The number of halogens is 1. The Balaban J connectivity index is 1.74. The molecule has 0 aliphatic carbocycles. The molecule has 0 bridgehead atoms. The summed E-state index contributed by atoms with van der Waals surface area (Å²) in [6.07, 6.45) is 2.28. The summed E-state index contributed by atoms with van der Waals surface area (Å²) in [5.74, 6) is 0.736. The molecule has 1 atom stereocenters. The second-order valence-electron chi connectivity index (χ2n) is 7.57. The van der Waals surface area contributed by atoms with Crippen molar-refractivity contribution < 1.29 is 28.7 Å². The summed E-state index contributed by atoms with van der Waals surface area (Å²) in [6, 6.07) is 21.7. The molecule has 0 fully saturated rings. The summed E-state index contributed by atoms with van der Waals surface area (Å²) in [6.45, 7) is 1.81.